The first-order chi connectivity index (χ1) is 8.58. The highest BCUT2D eigenvalue weighted by atomic mass is 16.5. The van der Waals surface area contributed by atoms with Crippen LogP contribution < -0.4 is 10.1 Å². The molecule has 0 aromatic heterocycles. The average molecular weight is 251 g/mol. The molecule has 0 fully saturated rings. The van der Waals surface area contributed by atoms with Crippen LogP contribution >= 0.6 is 0 Å². The maximum absolute atomic E-state index is 11.1. The van der Waals surface area contributed by atoms with E-state index in [0.29, 0.717) is 6.42 Å². The molecule has 0 amide bonds. The van der Waals surface area contributed by atoms with Crippen molar-refractivity contribution in [2.45, 2.75) is 38.8 Å². The lowest BCUT2D eigenvalue weighted by Crippen LogP contribution is -2.38. The molecule has 1 rings (SSSR count). The standard InChI is InChI=1S/C14H21NO3/c1-4-5-13(14(16)17)15-10(2)11-6-8-12(18-3)9-7-11/h6-10,13,15H,4-5H2,1-3H3,(H,16,17)/t10-,13?/m0/s1. The average Bonchev–Trinajstić information content (AvgIpc) is 2.38. The Bertz CT molecular complexity index is 375. The zero-order valence-corrected chi connectivity index (χ0v) is 11.1. The van der Waals surface area contributed by atoms with Gasteiger partial charge in [0.2, 0.25) is 0 Å². The van der Waals surface area contributed by atoms with Crippen LogP contribution in [0, 0.1) is 0 Å². The van der Waals surface area contributed by atoms with Crippen LogP contribution in [0.15, 0.2) is 24.3 Å². The molecule has 0 saturated heterocycles. The summed E-state index contributed by atoms with van der Waals surface area (Å²) in [5, 5.41) is 12.2. The number of hydrogen-bond acceptors (Lipinski definition) is 3. The van der Waals surface area contributed by atoms with Crippen molar-refractivity contribution in [3.63, 3.8) is 0 Å². The van der Waals surface area contributed by atoms with Crippen molar-refractivity contribution in [1.29, 1.82) is 0 Å². The van der Waals surface area contributed by atoms with Gasteiger partial charge in [-0.15, -0.1) is 0 Å². The first kappa shape index (κ1) is 14.5. The van der Waals surface area contributed by atoms with E-state index in [2.05, 4.69) is 5.32 Å². The van der Waals surface area contributed by atoms with Gasteiger partial charge < -0.3 is 9.84 Å². The second-order valence-corrected chi connectivity index (χ2v) is 4.34. The monoisotopic (exact) mass is 251 g/mol. The summed E-state index contributed by atoms with van der Waals surface area (Å²) in [4.78, 5) is 11.1. The van der Waals surface area contributed by atoms with Gasteiger partial charge in [0, 0.05) is 6.04 Å². The summed E-state index contributed by atoms with van der Waals surface area (Å²) < 4.78 is 5.09. The van der Waals surface area contributed by atoms with Crippen LogP contribution in [0.3, 0.4) is 0 Å². The van der Waals surface area contributed by atoms with Gasteiger partial charge in [-0.3, -0.25) is 10.1 Å². The van der Waals surface area contributed by atoms with Gasteiger partial charge in [-0.05, 0) is 31.0 Å². The molecular weight excluding hydrogens is 230 g/mol. The van der Waals surface area contributed by atoms with Gasteiger partial charge >= 0.3 is 5.97 Å². The highest BCUT2D eigenvalue weighted by Gasteiger charge is 2.18. The second-order valence-electron chi connectivity index (χ2n) is 4.34. The molecule has 1 aromatic rings. The molecule has 4 nitrogen and oxygen atoms in total. The number of rotatable bonds is 7. The molecule has 4 heteroatoms. The lowest BCUT2D eigenvalue weighted by atomic mass is 10.1. The molecule has 18 heavy (non-hydrogen) atoms. The van der Waals surface area contributed by atoms with Gasteiger partial charge in [-0.2, -0.15) is 0 Å². The van der Waals surface area contributed by atoms with E-state index in [1.807, 2.05) is 38.1 Å². The Balaban J connectivity index is 2.67. The number of nitrogens with one attached hydrogen (secondary N) is 1. The highest BCUT2D eigenvalue weighted by Crippen LogP contribution is 2.18. The van der Waals surface area contributed by atoms with Crippen LogP contribution in [-0.4, -0.2) is 24.2 Å². The molecule has 0 aliphatic rings. The predicted octanol–water partition coefficient (Wildman–Crippen LogP) is 2.60. The summed E-state index contributed by atoms with van der Waals surface area (Å²) in [7, 11) is 1.62. The molecule has 0 saturated carbocycles. The largest absolute Gasteiger partial charge is 0.497 e. The van der Waals surface area contributed by atoms with Crippen LogP contribution in [0.1, 0.15) is 38.3 Å². The lowest BCUT2D eigenvalue weighted by Gasteiger charge is -2.20. The number of benzene rings is 1. The lowest BCUT2D eigenvalue weighted by molar-refractivity contribution is -0.139. The number of hydrogen-bond donors (Lipinski definition) is 2. The molecule has 0 bridgehead atoms. The van der Waals surface area contributed by atoms with Crippen LogP contribution in [0.4, 0.5) is 0 Å². The van der Waals surface area contributed by atoms with E-state index in [9.17, 15) is 4.79 Å². The van der Waals surface area contributed by atoms with Crippen molar-refractivity contribution in [3.05, 3.63) is 29.8 Å². The number of ether oxygens (including phenoxy) is 1. The molecule has 0 aliphatic carbocycles. The maximum Gasteiger partial charge on any atom is 0.320 e. The highest BCUT2D eigenvalue weighted by molar-refractivity contribution is 5.73. The first-order valence-corrected chi connectivity index (χ1v) is 6.21. The molecule has 1 aromatic carbocycles. The predicted molar refractivity (Wildman–Crippen MR) is 70.9 cm³/mol. The van der Waals surface area contributed by atoms with Gasteiger partial charge in [0.1, 0.15) is 11.8 Å². The molecule has 2 N–H and O–H groups in total. The van der Waals surface area contributed by atoms with Crippen molar-refractivity contribution >= 4 is 5.97 Å². The minimum atomic E-state index is -0.794. The van der Waals surface area contributed by atoms with E-state index < -0.39 is 12.0 Å². The topological polar surface area (TPSA) is 58.6 Å². The van der Waals surface area contributed by atoms with E-state index in [1.165, 1.54) is 0 Å². The van der Waals surface area contributed by atoms with Crippen LogP contribution in [-0.2, 0) is 4.79 Å². The van der Waals surface area contributed by atoms with Gasteiger partial charge in [0.15, 0.2) is 0 Å². The molecule has 0 radical (unpaired) electrons. The first-order valence-electron chi connectivity index (χ1n) is 6.21. The fourth-order valence-corrected chi connectivity index (χ4v) is 1.86. The maximum atomic E-state index is 11.1. The molecule has 0 heterocycles. The number of carbonyl (C=O) groups is 1. The Morgan fingerprint density at radius 1 is 1.39 bits per heavy atom. The van der Waals surface area contributed by atoms with Crippen molar-refractivity contribution in [1.82, 2.24) is 5.32 Å². The summed E-state index contributed by atoms with van der Waals surface area (Å²) in [6.45, 7) is 3.95. The Morgan fingerprint density at radius 3 is 2.44 bits per heavy atom. The Hall–Kier alpha value is -1.55. The third-order valence-corrected chi connectivity index (χ3v) is 2.94. The van der Waals surface area contributed by atoms with Gasteiger partial charge in [-0.25, -0.2) is 0 Å². The normalized spacial score (nSPS) is 13.9. The number of carboxylic acid groups (broad SMARTS) is 1. The van der Waals surface area contributed by atoms with E-state index in [4.69, 9.17) is 9.84 Å². The van der Waals surface area contributed by atoms with E-state index >= 15 is 0 Å². The summed E-state index contributed by atoms with van der Waals surface area (Å²) in [5.74, 6) is 0.00602. The molecule has 1 unspecified atom stereocenters. The second kappa shape index (κ2) is 7.01. The zero-order valence-electron chi connectivity index (χ0n) is 11.1. The molecular formula is C14H21NO3. The Labute approximate surface area is 108 Å². The van der Waals surface area contributed by atoms with Crippen molar-refractivity contribution < 1.29 is 14.6 Å². The number of aliphatic carboxylic acids is 1. The molecule has 2 atom stereocenters. The van der Waals surface area contributed by atoms with Gasteiger partial charge in [0.05, 0.1) is 7.11 Å². The van der Waals surface area contributed by atoms with Crippen LogP contribution in [0.2, 0.25) is 0 Å². The van der Waals surface area contributed by atoms with Gasteiger partial charge in [-0.1, -0.05) is 25.5 Å². The summed E-state index contributed by atoms with van der Waals surface area (Å²) in [6.07, 6.45) is 1.48. The fourth-order valence-electron chi connectivity index (χ4n) is 1.86. The molecule has 0 spiro atoms. The number of methoxy groups -OCH3 is 1. The SMILES string of the molecule is CCCC(N[C@@H](C)c1ccc(OC)cc1)C(=O)O. The van der Waals surface area contributed by atoms with E-state index in [-0.39, 0.29) is 6.04 Å². The Morgan fingerprint density at radius 2 is 2.00 bits per heavy atom. The van der Waals surface area contributed by atoms with Crippen LogP contribution in [0.5, 0.6) is 5.75 Å². The van der Waals surface area contributed by atoms with E-state index in [0.717, 1.165) is 17.7 Å². The summed E-state index contributed by atoms with van der Waals surface area (Å²) >= 11 is 0. The summed E-state index contributed by atoms with van der Waals surface area (Å²) in [6, 6.07) is 7.16. The number of carboxylic acids is 1. The molecule has 100 valence electrons. The van der Waals surface area contributed by atoms with Gasteiger partial charge in [0.25, 0.3) is 0 Å². The van der Waals surface area contributed by atoms with Crippen molar-refractivity contribution in [3.8, 4) is 5.75 Å². The summed E-state index contributed by atoms with van der Waals surface area (Å²) in [5.41, 5.74) is 1.05. The third kappa shape index (κ3) is 4.04. The Kier molecular flexibility index (Phi) is 5.65. The van der Waals surface area contributed by atoms with Crippen molar-refractivity contribution in [2.75, 3.05) is 7.11 Å². The van der Waals surface area contributed by atoms with Crippen molar-refractivity contribution in [2.24, 2.45) is 0 Å². The van der Waals surface area contributed by atoms with Crippen LogP contribution in [0.25, 0.3) is 0 Å². The minimum absolute atomic E-state index is 0.00329. The van der Waals surface area contributed by atoms with E-state index in [1.54, 1.807) is 7.11 Å². The zero-order chi connectivity index (χ0) is 13.5. The minimum Gasteiger partial charge on any atom is -0.497 e. The molecule has 0 aliphatic heterocycles. The fraction of sp³-hybridized carbons (Fsp3) is 0.500. The smallest absolute Gasteiger partial charge is 0.320 e. The quantitative estimate of drug-likeness (QED) is 0.782. The third-order valence-electron chi connectivity index (χ3n) is 2.94.